The van der Waals surface area contributed by atoms with Gasteiger partial charge in [0.25, 0.3) is 0 Å². The van der Waals surface area contributed by atoms with E-state index in [-0.39, 0.29) is 11.4 Å². The first kappa shape index (κ1) is 12.3. The molecule has 1 fully saturated rings. The molecule has 0 spiro atoms. The van der Waals surface area contributed by atoms with Crippen molar-refractivity contribution in [2.75, 3.05) is 0 Å². The van der Waals surface area contributed by atoms with Crippen molar-refractivity contribution in [3.8, 4) is 11.4 Å². The van der Waals surface area contributed by atoms with Gasteiger partial charge < -0.3 is 10.3 Å². The predicted octanol–water partition coefficient (Wildman–Crippen LogP) is 2.69. The average Bonchev–Trinajstić information content (AvgIpc) is 3.00. The zero-order chi connectivity index (χ0) is 13.3. The van der Waals surface area contributed by atoms with Crippen molar-refractivity contribution in [1.29, 1.82) is 0 Å². The van der Waals surface area contributed by atoms with Crippen LogP contribution in [0.2, 0.25) is 0 Å². The van der Waals surface area contributed by atoms with Crippen molar-refractivity contribution >= 4 is 0 Å². The molecule has 1 aromatic carbocycles. The lowest BCUT2D eigenvalue weighted by Gasteiger charge is -2.20. The molecular weight excluding hydrogens is 245 g/mol. The Kier molecular flexibility index (Phi) is 3.06. The molecule has 0 radical (unpaired) electrons. The van der Waals surface area contributed by atoms with Crippen molar-refractivity contribution in [3.05, 3.63) is 36.0 Å². The highest BCUT2D eigenvalue weighted by atomic mass is 19.1. The monoisotopic (exact) mass is 261 g/mol. The minimum Gasteiger partial charge on any atom is -0.339 e. The Balaban J connectivity index is 1.77. The molecule has 4 nitrogen and oxygen atoms in total. The zero-order valence-corrected chi connectivity index (χ0v) is 10.6. The highest BCUT2D eigenvalue weighted by molar-refractivity contribution is 5.53. The molecule has 1 aliphatic carbocycles. The normalized spacial score (nSPS) is 17.8. The van der Waals surface area contributed by atoms with Crippen LogP contribution in [0.4, 0.5) is 4.39 Å². The smallest absolute Gasteiger partial charge is 0.228 e. The van der Waals surface area contributed by atoms with Crippen LogP contribution in [0, 0.1) is 5.82 Å². The summed E-state index contributed by atoms with van der Waals surface area (Å²) in [5.41, 5.74) is 6.82. The van der Waals surface area contributed by atoms with Gasteiger partial charge in [-0.2, -0.15) is 4.98 Å². The summed E-state index contributed by atoms with van der Waals surface area (Å²) >= 11 is 0. The van der Waals surface area contributed by atoms with E-state index >= 15 is 0 Å². The summed E-state index contributed by atoms with van der Waals surface area (Å²) in [5, 5.41) is 3.93. The van der Waals surface area contributed by atoms with Gasteiger partial charge in [0.2, 0.25) is 11.7 Å². The molecule has 5 heteroatoms. The van der Waals surface area contributed by atoms with Crippen LogP contribution >= 0.6 is 0 Å². The second-order valence-electron chi connectivity index (χ2n) is 5.26. The number of benzene rings is 1. The number of nitrogens with two attached hydrogens (primary N) is 1. The number of hydrogen-bond acceptors (Lipinski definition) is 4. The van der Waals surface area contributed by atoms with Crippen molar-refractivity contribution in [3.63, 3.8) is 0 Å². The van der Waals surface area contributed by atoms with Crippen LogP contribution in [0.1, 0.15) is 31.6 Å². The Morgan fingerprint density at radius 1 is 1.21 bits per heavy atom. The molecule has 3 rings (SSSR count). The molecule has 0 bridgehead atoms. The molecule has 0 atom stereocenters. The maximum Gasteiger partial charge on any atom is 0.228 e. The van der Waals surface area contributed by atoms with E-state index in [1.54, 1.807) is 12.1 Å². The number of aromatic nitrogens is 2. The van der Waals surface area contributed by atoms with Crippen molar-refractivity contribution in [2.24, 2.45) is 5.73 Å². The molecule has 1 aromatic heterocycles. The molecule has 1 heterocycles. The van der Waals surface area contributed by atoms with Gasteiger partial charge in [0.15, 0.2) is 0 Å². The van der Waals surface area contributed by atoms with Crippen molar-refractivity contribution in [2.45, 2.75) is 37.6 Å². The van der Waals surface area contributed by atoms with Gasteiger partial charge in [-0.15, -0.1) is 0 Å². The van der Waals surface area contributed by atoms with Crippen molar-refractivity contribution < 1.29 is 8.91 Å². The van der Waals surface area contributed by atoms with Crippen LogP contribution in [0.25, 0.3) is 11.4 Å². The SMILES string of the molecule is NC1(Cc2nc(-c3ccc(F)cc3)no2)CCCC1. The number of halogens is 1. The quantitative estimate of drug-likeness (QED) is 0.922. The first-order chi connectivity index (χ1) is 9.15. The third kappa shape index (κ3) is 2.66. The summed E-state index contributed by atoms with van der Waals surface area (Å²) in [7, 11) is 0. The van der Waals surface area contributed by atoms with Gasteiger partial charge in [-0.05, 0) is 37.1 Å². The van der Waals surface area contributed by atoms with Gasteiger partial charge >= 0.3 is 0 Å². The van der Waals surface area contributed by atoms with Gasteiger partial charge in [0.1, 0.15) is 5.82 Å². The highest BCUT2D eigenvalue weighted by Crippen LogP contribution is 2.30. The lowest BCUT2D eigenvalue weighted by atomic mass is 9.95. The molecule has 0 unspecified atom stereocenters. The van der Waals surface area contributed by atoms with Crippen LogP contribution in [0.15, 0.2) is 28.8 Å². The van der Waals surface area contributed by atoms with E-state index in [0.29, 0.717) is 18.1 Å². The summed E-state index contributed by atoms with van der Waals surface area (Å²) in [4.78, 5) is 4.34. The van der Waals surface area contributed by atoms with Crippen LogP contribution in [0.5, 0.6) is 0 Å². The van der Waals surface area contributed by atoms with Crippen LogP contribution < -0.4 is 5.73 Å². The summed E-state index contributed by atoms with van der Waals surface area (Å²) < 4.78 is 18.1. The van der Waals surface area contributed by atoms with E-state index in [1.165, 1.54) is 12.1 Å². The maximum atomic E-state index is 12.8. The second-order valence-corrected chi connectivity index (χ2v) is 5.26. The summed E-state index contributed by atoms with van der Waals surface area (Å²) in [5.74, 6) is 0.764. The molecule has 2 aromatic rings. The lowest BCUT2D eigenvalue weighted by molar-refractivity contribution is 0.329. The predicted molar refractivity (Wildman–Crippen MR) is 68.8 cm³/mol. The van der Waals surface area contributed by atoms with Crippen molar-refractivity contribution in [1.82, 2.24) is 10.1 Å². The van der Waals surface area contributed by atoms with E-state index < -0.39 is 0 Å². The Bertz CT molecular complexity index is 558. The van der Waals surface area contributed by atoms with Crippen LogP contribution in [-0.2, 0) is 6.42 Å². The summed E-state index contributed by atoms with van der Waals surface area (Å²) in [6.07, 6.45) is 4.94. The summed E-state index contributed by atoms with van der Waals surface area (Å²) in [6.45, 7) is 0. The minimum absolute atomic E-state index is 0.202. The van der Waals surface area contributed by atoms with E-state index in [9.17, 15) is 4.39 Å². The highest BCUT2D eigenvalue weighted by Gasteiger charge is 2.31. The number of hydrogen-bond donors (Lipinski definition) is 1. The molecular formula is C14H16FN3O. The van der Waals surface area contributed by atoms with E-state index in [1.807, 2.05) is 0 Å². The summed E-state index contributed by atoms with van der Waals surface area (Å²) in [6, 6.07) is 6.04. The van der Waals surface area contributed by atoms with E-state index in [0.717, 1.165) is 31.2 Å². The fourth-order valence-electron chi connectivity index (χ4n) is 2.60. The van der Waals surface area contributed by atoms with Gasteiger partial charge in [0.05, 0.1) is 0 Å². The average molecular weight is 261 g/mol. The number of nitrogens with zero attached hydrogens (tertiary/aromatic N) is 2. The molecule has 0 amide bonds. The molecule has 0 aliphatic heterocycles. The Morgan fingerprint density at radius 3 is 2.58 bits per heavy atom. The maximum absolute atomic E-state index is 12.8. The topological polar surface area (TPSA) is 64.9 Å². The first-order valence-corrected chi connectivity index (χ1v) is 6.52. The van der Waals surface area contributed by atoms with Gasteiger partial charge in [-0.25, -0.2) is 4.39 Å². The number of rotatable bonds is 3. The molecule has 1 saturated carbocycles. The molecule has 100 valence electrons. The Labute approximate surface area is 110 Å². The van der Waals surface area contributed by atoms with E-state index in [2.05, 4.69) is 10.1 Å². The van der Waals surface area contributed by atoms with Gasteiger partial charge in [-0.3, -0.25) is 0 Å². The molecule has 2 N–H and O–H groups in total. The molecule has 19 heavy (non-hydrogen) atoms. The van der Waals surface area contributed by atoms with Crippen LogP contribution in [-0.4, -0.2) is 15.7 Å². The van der Waals surface area contributed by atoms with Gasteiger partial charge in [-0.1, -0.05) is 18.0 Å². The third-order valence-corrected chi connectivity index (χ3v) is 3.67. The fourth-order valence-corrected chi connectivity index (χ4v) is 2.60. The minimum atomic E-state index is -0.278. The molecule has 1 aliphatic rings. The zero-order valence-electron chi connectivity index (χ0n) is 10.6. The Morgan fingerprint density at radius 2 is 1.89 bits per heavy atom. The standard InChI is InChI=1S/C14H16FN3O/c15-11-5-3-10(4-6-11)13-17-12(19-18-13)9-14(16)7-1-2-8-14/h3-6H,1-2,7-9,16H2. The first-order valence-electron chi connectivity index (χ1n) is 6.52. The van der Waals surface area contributed by atoms with E-state index in [4.69, 9.17) is 10.3 Å². The second kappa shape index (κ2) is 4.74. The lowest BCUT2D eigenvalue weighted by Crippen LogP contribution is -2.38. The van der Waals surface area contributed by atoms with Gasteiger partial charge in [0, 0.05) is 17.5 Å². The fraction of sp³-hybridized carbons (Fsp3) is 0.429. The molecule has 0 saturated heterocycles. The Hall–Kier alpha value is -1.75. The van der Waals surface area contributed by atoms with Crippen LogP contribution in [0.3, 0.4) is 0 Å². The third-order valence-electron chi connectivity index (χ3n) is 3.67. The largest absolute Gasteiger partial charge is 0.339 e.